The van der Waals surface area contributed by atoms with Gasteiger partial charge in [0.05, 0.1) is 15.8 Å². The van der Waals surface area contributed by atoms with Crippen molar-refractivity contribution in [2.75, 3.05) is 0 Å². The predicted molar refractivity (Wildman–Crippen MR) is 51.5 cm³/mol. The first kappa shape index (κ1) is 9.97. The topological polar surface area (TPSA) is 50.2 Å². The SMILES string of the molecule is O=C(O)c1cccc2nc(C(F)F)sc12. The van der Waals surface area contributed by atoms with E-state index < -0.39 is 12.4 Å². The molecular formula is C9H5F2NO2S. The predicted octanol–water partition coefficient (Wildman–Crippen LogP) is 2.93. The Morgan fingerprint density at radius 3 is 2.80 bits per heavy atom. The molecule has 0 aliphatic heterocycles. The van der Waals surface area contributed by atoms with Gasteiger partial charge in [-0.15, -0.1) is 11.3 Å². The van der Waals surface area contributed by atoms with Gasteiger partial charge in [-0.05, 0) is 12.1 Å². The maximum Gasteiger partial charge on any atom is 0.337 e. The van der Waals surface area contributed by atoms with Crippen LogP contribution in [0, 0.1) is 0 Å². The Hall–Kier alpha value is -1.56. The molecule has 1 aromatic heterocycles. The number of thiazole rings is 1. The van der Waals surface area contributed by atoms with Crippen molar-refractivity contribution in [3.8, 4) is 0 Å². The summed E-state index contributed by atoms with van der Waals surface area (Å²) in [7, 11) is 0. The van der Waals surface area contributed by atoms with Crippen LogP contribution in [0.5, 0.6) is 0 Å². The number of carboxylic acids is 1. The molecule has 15 heavy (non-hydrogen) atoms. The molecule has 0 unspecified atom stereocenters. The van der Waals surface area contributed by atoms with E-state index in [-0.39, 0.29) is 10.6 Å². The summed E-state index contributed by atoms with van der Waals surface area (Å²) in [5, 5.41) is 8.47. The molecule has 1 heterocycles. The van der Waals surface area contributed by atoms with E-state index in [1.807, 2.05) is 0 Å². The number of benzene rings is 1. The van der Waals surface area contributed by atoms with Gasteiger partial charge in [0.25, 0.3) is 6.43 Å². The van der Waals surface area contributed by atoms with Crippen LogP contribution in [0.25, 0.3) is 10.2 Å². The van der Waals surface area contributed by atoms with Gasteiger partial charge in [0.2, 0.25) is 0 Å². The van der Waals surface area contributed by atoms with E-state index >= 15 is 0 Å². The highest BCUT2D eigenvalue weighted by molar-refractivity contribution is 7.19. The minimum atomic E-state index is -2.66. The van der Waals surface area contributed by atoms with Crippen LogP contribution >= 0.6 is 11.3 Å². The van der Waals surface area contributed by atoms with Crippen LogP contribution in [0.4, 0.5) is 8.78 Å². The van der Waals surface area contributed by atoms with Crippen LogP contribution in [0.15, 0.2) is 18.2 Å². The molecular weight excluding hydrogens is 224 g/mol. The third-order valence-electron chi connectivity index (χ3n) is 1.85. The van der Waals surface area contributed by atoms with E-state index in [2.05, 4.69) is 4.98 Å². The van der Waals surface area contributed by atoms with Gasteiger partial charge >= 0.3 is 5.97 Å². The Morgan fingerprint density at radius 2 is 2.20 bits per heavy atom. The quantitative estimate of drug-likeness (QED) is 0.861. The molecule has 1 aromatic carbocycles. The molecule has 3 nitrogen and oxygen atoms in total. The number of fused-ring (bicyclic) bond motifs is 1. The first-order chi connectivity index (χ1) is 7.09. The van der Waals surface area contributed by atoms with E-state index in [4.69, 9.17) is 5.11 Å². The second-order valence-corrected chi connectivity index (χ2v) is 3.84. The lowest BCUT2D eigenvalue weighted by atomic mass is 10.2. The second kappa shape index (κ2) is 3.54. The van der Waals surface area contributed by atoms with Crippen LogP contribution in [-0.4, -0.2) is 16.1 Å². The van der Waals surface area contributed by atoms with Crippen molar-refractivity contribution >= 4 is 27.5 Å². The highest BCUT2D eigenvalue weighted by Gasteiger charge is 2.17. The Labute approximate surface area is 87.0 Å². The van der Waals surface area contributed by atoms with Crippen molar-refractivity contribution in [2.45, 2.75) is 6.43 Å². The average Bonchev–Trinajstić information content (AvgIpc) is 2.60. The number of carbonyl (C=O) groups is 1. The summed E-state index contributed by atoms with van der Waals surface area (Å²) in [6, 6.07) is 4.38. The number of carboxylic acid groups (broad SMARTS) is 1. The lowest BCUT2D eigenvalue weighted by molar-refractivity contribution is 0.0699. The van der Waals surface area contributed by atoms with Crippen molar-refractivity contribution in [1.82, 2.24) is 4.98 Å². The number of alkyl halides is 2. The maximum atomic E-state index is 12.3. The molecule has 2 rings (SSSR count). The third kappa shape index (κ3) is 1.68. The van der Waals surface area contributed by atoms with Crippen molar-refractivity contribution in [2.24, 2.45) is 0 Å². The van der Waals surface area contributed by atoms with Gasteiger partial charge in [-0.25, -0.2) is 18.6 Å². The van der Waals surface area contributed by atoms with Gasteiger partial charge in [-0.3, -0.25) is 0 Å². The van der Waals surface area contributed by atoms with E-state index in [0.717, 1.165) is 11.3 Å². The summed E-state index contributed by atoms with van der Waals surface area (Å²) in [5.74, 6) is -1.13. The zero-order valence-corrected chi connectivity index (χ0v) is 8.09. The molecule has 0 saturated heterocycles. The molecule has 0 amide bonds. The molecule has 2 aromatic rings. The van der Waals surface area contributed by atoms with Gasteiger partial charge in [0.15, 0.2) is 5.01 Å². The molecule has 1 N–H and O–H groups in total. The van der Waals surface area contributed by atoms with E-state index in [0.29, 0.717) is 10.2 Å². The normalized spacial score (nSPS) is 11.1. The van der Waals surface area contributed by atoms with Crippen LogP contribution < -0.4 is 0 Å². The molecule has 0 saturated carbocycles. The highest BCUT2D eigenvalue weighted by atomic mass is 32.1. The second-order valence-electron chi connectivity index (χ2n) is 2.81. The summed E-state index contributed by atoms with van der Waals surface area (Å²) in [4.78, 5) is 14.4. The summed E-state index contributed by atoms with van der Waals surface area (Å²) in [5.41, 5.74) is 0.312. The minimum absolute atomic E-state index is 0.0110. The van der Waals surface area contributed by atoms with Crippen molar-refractivity contribution < 1.29 is 18.7 Å². The third-order valence-corrected chi connectivity index (χ3v) is 2.96. The average molecular weight is 229 g/mol. The van der Waals surface area contributed by atoms with Gasteiger partial charge < -0.3 is 5.11 Å². The Kier molecular flexibility index (Phi) is 2.36. The summed E-state index contributed by atoms with van der Waals surface area (Å²) < 4.78 is 25.0. The number of hydrogen-bond acceptors (Lipinski definition) is 3. The summed E-state index contributed by atoms with van der Waals surface area (Å²) in [6.45, 7) is 0. The van der Waals surface area contributed by atoms with Gasteiger partial charge in [-0.2, -0.15) is 0 Å². The van der Waals surface area contributed by atoms with Crippen LogP contribution in [0.1, 0.15) is 21.8 Å². The Bertz CT molecular complexity index is 524. The lowest BCUT2D eigenvalue weighted by Crippen LogP contribution is -1.95. The summed E-state index contributed by atoms with van der Waals surface area (Å²) in [6.07, 6.45) is -2.66. The monoisotopic (exact) mass is 229 g/mol. The number of nitrogens with zero attached hydrogens (tertiary/aromatic N) is 1. The number of hydrogen-bond donors (Lipinski definition) is 1. The number of rotatable bonds is 2. The zero-order chi connectivity index (χ0) is 11.0. The number of halogens is 2. The smallest absolute Gasteiger partial charge is 0.337 e. The largest absolute Gasteiger partial charge is 0.478 e. The Morgan fingerprint density at radius 1 is 1.47 bits per heavy atom. The maximum absolute atomic E-state index is 12.3. The lowest BCUT2D eigenvalue weighted by Gasteiger charge is -1.93. The zero-order valence-electron chi connectivity index (χ0n) is 7.28. The van der Waals surface area contributed by atoms with Crippen molar-refractivity contribution in [3.05, 3.63) is 28.8 Å². The molecule has 6 heteroatoms. The molecule has 0 radical (unpaired) electrons. The van der Waals surface area contributed by atoms with E-state index in [1.54, 1.807) is 0 Å². The van der Waals surface area contributed by atoms with Crippen LogP contribution in [0.3, 0.4) is 0 Å². The standard InChI is InChI=1S/C9H5F2NO2S/c10-7(11)8-12-5-3-1-2-4(9(13)14)6(5)15-8/h1-3,7H,(H,13,14). The van der Waals surface area contributed by atoms with Crippen LogP contribution in [-0.2, 0) is 0 Å². The molecule has 0 spiro atoms. The van der Waals surface area contributed by atoms with Crippen LogP contribution in [0.2, 0.25) is 0 Å². The molecule has 0 atom stereocenters. The number of aromatic nitrogens is 1. The summed E-state index contributed by atoms with van der Waals surface area (Å²) >= 11 is 0.718. The molecule has 0 bridgehead atoms. The fraction of sp³-hybridized carbons (Fsp3) is 0.111. The van der Waals surface area contributed by atoms with Gasteiger partial charge in [0, 0.05) is 0 Å². The fourth-order valence-electron chi connectivity index (χ4n) is 1.23. The van der Waals surface area contributed by atoms with Crippen molar-refractivity contribution in [3.63, 3.8) is 0 Å². The number of aromatic carboxylic acids is 1. The first-order valence-electron chi connectivity index (χ1n) is 4.00. The van der Waals surface area contributed by atoms with Gasteiger partial charge in [-0.1, -0.05) is 6.07 Å². The molecule has 78 valence electrons. The Balaban J connectivity index is 2.70. The minimum Gasteiger partial charge on any atom is -0.478 e. The van der Waals surface area contributed by atoms with Gasteiger partial charge in [0.1, 0.15) is 0 Å². The van der Waals surface area contributed by atoms with Crippen molar-refractivity contribution in [1.29, 1.82) is 0 Å². The van der Waals surface area contributed by atoms with E-state index in [9.17, 15) is 13.6 Å². The van der Waals surface area contributed by atoms with E-state index in [1.165, 1.54) is 18.2 Å². The molecule has 0 aliphatic carbocycles. The molecule has 0 aliphatic rings. The molecule has 0 fully saturated rings. The highest BCUT2D eigenvalue weighted by Crippen LogP contribution is 2.31. The fourth-order valence-corrected chi connectivity index (χ4v) is 2.15. The first-order valence-corrected chi connectivity index (χ1v) is 4.82.